The van der Waals surface area contributed by atoms with E-state index in [0.717, 1.165) is 5.76 Å². The number of hydrogen-bond acceptors (Lipinski definition) is 3. The Balaban J connectivity index is 1.96. The maximum absolute atomic E-state index is 12.3. The van der Waals surface area contributed by atoms with Gasteiger partial charge in [-0.15, -0.1) is 0 Å². The van der Waals surface area contributed by atoms with E-state index in [2.05, 4.69) is 5.32 Å². The summed E-state index contributed by atoms with van der Waals surface area (Å²) >= 11 is 0. The van der Waals surface area contributed by atoms with Gasteiger partial charge in [-0.3, -0.25) is 9.59 Å². The molecule has 0 spiro atoms. The van der Waals surface area contributed by atoms with E-state index in [1.54, 1.807) is 41.5 Å². The minimum Gasteiger partial charge on any atom is -0.469 e. The number of rotatable bonds is 7. The van der Waals surface area contributed by atoms with Crippen molar-refractivity contribution in [2.24, 2.45) is 0 Å². The van der Waals surface area contributed by atoms with Gasteiger partial charge >= 0.3 is 0 Å². The molecule has 0 aliphatic carbocycles. The van der Waals surface area contributed by atoms with Crippen LogP contribution < -0.4 is 5.32 Å². The molecule has 0 unspecified atom stereocenters. The van der Waals surface area contributed by atoms with Crippen LogP contribution in [0.15, 0.2) is 47.1 Å². The first kappa shape index (κ1) is 16.8. The average Bonchev–Trinajstić information content (AvgIpc) is 3.08. The Kier molecular flexibility index (Phi) is 5.97. The highest BCUT2D eigenvalue weighted by Gasteiger charge is 2.13. The summed E-state index contributed by atoms with van der Waals surface area (Å²) in [6, 6.07) is 10.7. The quantitative estimate of drug-likeness (QED) is 0.852. The minimum atomic E-state index is -0.103. The number of furan rings is 1. The molecule has 1 heterocycles. The molecule has 122 valence electrons. The fraction of sp³-hybridized carbons (Fsp3) is 0.333. The van der Waals surface area contributed by atoms with Gasteiger partial charge in [0.25, 0.3) is 5.91 Å². The van der Waals surface area contributed by atoms with Crippen LogP contribution in [0.3, 0.4) is 0 Å². The largest absolute Gasteiger partial charge is 0.469 e. The molecule has 0 radical (unpaired) electrons. The van der Waals surface area contributed by atoms with E-state index in [4.69, 9.17) is 4.42 Å². The Morgan fingerprint density at radius 3 is 2.57 bits per heavy atom. The molecule has 1 N–H and O–H groups in total. The molecule has 0 fully saturated rings. The first-order valence-corrected chi connectivity index (χ1v) is 7.85. The normalized spacial score (nSPS) is 10.3. The van der Waals surface area contributed by atoms with Gasteiger partial charge in [0.15, 0.2) is 0 Å². The van der Waals surface area contributed by atoms with Crippen molar-refractivity contribution in [3.8, 4) is 0 Å². The third kappa shape index (κ3) is 4.71. The maximum Gasteiger partial charge on any atom is 0.253 e. The SMILES string of the molecule is CCN(CC)C(=O)c1cccc(NC(=O)CCc2ccco2)c1. The summed E-state index contributed by atoms with van der Waals surface area (Å²) in [7, 11) is 0. The van der Waals surface area contributed by atoms with Crippen LogP contribution in [0.4, 0.5) is 5.69 Å². The van der Waals surface area contributed by atoms with Crippen LogP contribution in [0.25, 0.3) is 0 Å². The van der Waals surface area contributed by atoms with Crippen molar-refractivity contribution in [1.82, 2.24) is 4.90 Å². The Labute approximate surface area is 136 Å². The molecule has 0 bridgehead atoms. The van der Waals surface area contributed by atoms with Gasteiger partial charge in [-0.1, -0.05) is 6.07 Å². The molecular formula is C18H22N2O3. The molecule has 1 aromatic heterocycles. The Morgan fingerprint density at radius 1 is 1.13 bits per heavy atom. The lowest BCUT2D eigenvalue weighted by Gasteiger charge is -2.19. The number of carbonyl (C=O) groups is 2. The predicted octanol–water partition coefficient (Wildman–Crippen LogP) is 3.33. The third-order valence-corrected chi connectivity index (χ3v) is 3.62. The van der Waals surface area contributed by atoms with Crippen LogP contribution >= 0.6 is 0 Å². The van der Waals surface area contributed by atoms with E-state index >= 15 is 0 Å². The molecule has 5 nitrogen and oxygen atoms in total. The van der Waals surface area contributed by atoms with Crippen molar-refractivity contribution in [3.05, 3.63) is 54.0 Å². The fourth-order valence-corrected chi connectivity index (χ4v) is 2.34. The summed E-state index contributed by atoms with van der Waals surface area (Å²) in [6.45, 7) is 5.22. The van der Waals surface area contributed by atoms with Crippen molar-refractivity contribution in [1.29, 1.82) is 0 Å². The van der Waals surface area contributed by atoms with E-state index in [1.165, 1.54) is 0 Å². The molecule has 2 amide bonds. The van der Waals surface area contributed by atoms with E-state index < -0.39 is 0 Å². The fourth-order valence-electron chi connectivity index (χ4n) is 2.34. The molecule has 2 aromatic rings. The Morgan fingerprint density at radius 2 is 1.91 bits per heavy atom. The first-order chi connectivity index (χ1) is 11.1. The summed E-state index contributed by atoms with van der Waals surface area (Å²) < 4.78 is 5.21. The van der Waals surface area contributed by atoms with Gasteiger partial charge in [-0.2, -0.15) is 0 Å². The lowest BCUT2D eigenvalue weighted by molar-refractivity contribution is -0.116. The zero-order valence-corrected chi connectivity index (χ0v) is 13.5. The highest BCUT2D eigenvalue weighted by Crippen LogP contribution is 2.14. The number of benzene rings is 1. The summed E-state index contributed by atoms with van der Waals surface area (Å²) in [5, 5.41) is 2.82. The smallest absolute Gasteiger partial charge is 0.253 e. The van der Waals surface area contributed by atoms with Gasteiger partial charge in [0.05, 0.1) is 6.26 Å². The summed E-state index contributed by atoms with van der Waals surface area (Å²) in [4.78, 5) is 26.1. The molecule has 23 heavy (non-hydrogen) atoms. The van der Waals surface area contributed by atoms with Crippen LogP contribution in [-0.2, 0) is 11.2 Å². The molecule has 0 aliphatic rings. The number of amides is 2. The zero-order valence-electron chi connectivity index (χ0n) is 13.5. The summed E-state index contributed by atoms with van der Waals surface area (Å²) in [5.41, 5.74) is 1.21. The second-order valence-corrected chi connectivity index (χ2v) is 5.19. The molecule has 0 atom stereocenters. The van der Waals surface area contributed by atoms with E-state index in [0.29, 0.717) is 37.2 Å². The van der Waals surface area contributed by atoms with E-state index in [-0.39, 0.29) is 11.8 Å². The number of nitrogens with one attached hydrogen (secondary N) is 1. The van der Waals surface area contributed by atoms with Gasteiger partial charge in [0.2, 0.25) is 5.91 Å². The van der Waals surface area contributed by atoms with Crippen LogP contribution in [-0.4, -0.2) is 29.8 Å². The molecule has 0 saturated carbocycles. The molecular weight excluding hydrogens is 292 g/mol. The standard InChI is InChI=1S/C18H22N2O3/c1-3-20(4-2)18(22)14-7-5-8-15(13-14)19-17(21)11-10-16-9-6-12-23-16/h5-9,12-13H,3-4,10-11H2,1-2H3,(H,19,21). The second-order valence-electron chi connectivity index (χ2n) is 5.19. The molecule has 1 aromatic carbocycles. The Hall–Kier alpha value is -2.56. The number of aryl methyl sites for hydroxylation is 1. The van der Waals surface area contributed by atoms with Crippen molar-refractivity contribution in [2.75, 3.05) is 18.4 Å². The van der Waals surface area contributed by atoms with Crippen LogP contribution in [0.1, 0.15) is 36.4 Å². The second kappa shape index (κ2) is 8.17. The molecule has 0 aliphatic heterocycles. The Bertz CT molecular complexity index is 646. The summed E-state index contributed by atoms with van der Waals surface area (Å²) in [5.74, 6) is 0.654. The summed E-state index contributed by atoms with van der Waals surface area (Å²) in [6.07, 6.45) is 2.48. The van der Waals surface area contributed by atoms with Crippen molar-refractivity contribution < 1.29 is 14.0 Å². The highest BCUT2D eigenvalue weighted by atomic mass is 16.3. The monoisotopic (exact) mass is 314 g/mol. The van der Waals surface area contributed by atoms with Gasteiger partial charge in [-0.25, -0.2) is 0 Å². The van der Waals surface area contributed by atoms with Gasteiger partial charge in [0.1, 0.15) is 5.76 Å². The molecule has 0 saturated heterocycles. The first-order valence-electron chi connectivity index (χ1n) is 7.85. The minimum absolute atomic E-state index is 0.0262. The van der Waals surface area contributed by atoms with Gasteiger partial charge in [-0.05, 0) is 44.2 Å². The van der Waals surface area contributed by atoms with Crippen molar-refractivity contribution >= 4 is 17.5 Å². The highest BCUT2D eigenvalue weighted by molar-refractivity contribution is 5.97. The number of anilines is 1. The average molecular weight is 314 g/mol. The van der Waals surface area contributed by atoms with Crippen LogP contribution in [0, 0.1) is 0 Å². The maximum atomic E-state index is 12.3. The number of carbonyl (C=O) groups excluding carboxylic acids is 2. The van der Waals surface area contributed by atoms with Gasteiger partial charge < -0.3 is 14.6 Å². The van der Waals surface area contributed by atoms with Crippen LogP contribution in [0.5, 0.6) is 0 Å². The molecule has 5 heteroatoms. The van der Waals surface area contributed by atoms with Crippen molar-refractivity contribution in [3.63, 3.8) is 0 Å². The number of hydrogen-bond donors (Lipinski definition) is 1. The number of nitrogens with zero attached hydrogens (tertiary/aromatic N) is 1. The van der Waals surface area contributed by atoms with E-state index in [1.807, 2.05) is 19.9 Å². The van der Waals surface area contributed by atoms with Gasteiger partial charge in [0, 0.05) is 37.2 Å². The van der Waals surface area contributed by atoms with Crippen LogP contribution in [0.2, 0.25) is 0 Å². The lowest BCUT2D eigenvalue weighted by atomic mass is 10.1. The topological polar surface area (TPSA) is 62.6 Å². The lowest BCUT2D eigenvalue weighted by Crippen LogP contribution is -2.30. The predicted molar refractivity (Wildman–Crippen MR) is 89.4 cm³/mol. The molecule has 2 rings (SSSR count). The zero-order chi connectivity index (χ0) is 16.7. The third-order valence-electron chi connectivity index (χ3n) is 3.62. The van der Waals surface area contributed by atoms with Crippen molar-refractivity contribution in [2.45, 2.75) is 26.7 Å². The van der Waals surface area contributed by atoms with E-state index in [9.17, 15) is 9.59 Å².